The fourth-order valence-electron chi connectivity index (χ4n) is 5.48. The summed E-state index contributed by atoms with van der Waals surface area (Å²) in [5.74, 6) is -0.910. The van der Waals surface area contributed by atoms with E-state index in [4.69, 9.17) is 18.5 Å². The second kappa shape index (κ2) is 34.7. The number of aliphatic hydroxyl groups excluding tert-OH is 1. The third-order valence-electron chi connectivity index (χ3n) is 8.78. The van der Waals surface area contributed by atoms with Gasteiger partial charge in [-0.25, -0.2) is 0 Å². The van der Waals surface area contributed by atoms with E-state index in [0.29, 0.717) is 30.3 Å². The van der Waals surface area contributed by atoms with Gasteiger partial charge in [0, 0.05) is 12.8 Å². The molecule has 0 aromatic rings. The van der Waals surface area contributed by atoms with Crippen LogP contribution < -0.4 is 4.89 Å². The number of carbonyl (C=O) groups is 2. The molecule has 0 spiro atoms. The molecule has 0 aromatic heterocycles. The van der Waals surface area contributed by atoms with E-state index in [-0.39, 0.29) is 26.1 Å². The first-order chi connectivity index (χ1) is 25.4. The summed E-state index contributed by atoms with van der Waals surface area (Å²) in [7, 11) is 1.11. The van der Waals surface area contributed by atoms with Crippen molar-refractivity contribution in [2.75, 3.05) is 47.5 Å². The fraction of sp³-hybridized carbons (Fsp3) is 0.810. The third kappa shape index (κ3) is 38.3. The van der Waals surface area contributed by atoms with Gasteiger partial charge in [-0.2, -0.15) is 0 Å². The van der Waals surface area contributed by atoms with Crippen LogP contribution >= 0.6 is 7.82 Å². The Morgan fingerprint density at radius 3 is 1.81 bits per heavy atom. The molecule has 10 nitrogen and oxygen atoms in total. The molecule has 0 amide bonds. The summed E-state index contributed by atoms with van der Waals surface area (Å²) in [6.45, 7) is 3.97. The van der Waals surface area contributed by atoms with E-state index in [1.165, 1.54) is 57.8 Å². The predicted octanol–water partition coefficient (Wildman–Crippen LogP) is 9.69. The monoisotopic (exact) mass is 772 g/mol. The van der Waals surface area contributed by atoms with Crippen LogP contribution in [0.15, 0.2) is 36.5 Å². The van der Waals surface area contributed by atoms with E-state index in [1.54, 1.807) is 6.08 Å². The molecule has 0 aliphatic carbocycles. The topological polar surface area (TPSA) is 131 Å². The van der Waals surface area contributed by atoms with E-state index in [2.05, 4.69) is 32.1 Å². The van der Waals surface area contributed by atoms with Crippen molar-refractivity contribution < 1.29 is 47.2 Å². The number of ether oxygens (including phenoxy) is 2. The van der Waals surface area contributed by atoms with Gasteiger partial charge in [0.15, 0.2) is 6.10 Å². The summed E-state index contributed by atoms with van der Waals surface area (Å²) < 4.78 is 33.8. The van der Waals surface area contributed by atoms with Crippen molar-refractivity contribution in [1.29, 1.82) is 0 Å². The minimum Gasteiger partial charge on any atom is -0.756 e. The fourth-order valence-corrected chi connectivity index (χ4v) is 6.21. The predicted molar refractivity (Wildman–Crippen MR) is 214 cm³/mol. The standard InChI is InChI=1S/C42H78NO9P/c1-6-8-10-12-14-15-16-17-18-19-21-25-30-34-42(46)52-40(38-51-53(47,48)50-36-35-43(3,4)5)37-49-41(45)33-29-26-22-24-28-32-39(44)31-27-23-20-13-11-9-7-2/h9,11,20,23,27,31,39-40,44H,6-8,10,12-19,21-22,24-26,28-30,32-38H2,1-5H3/b11-9+,23-20+,31-27+/t39?,40-/m1/s1. The second-order valence-corrected chi connectivity index (χ2v) is 16.6. The van der Waals surface area contributed by atoms with Gasteiger partial charge in [0.05, 0.1) is 33.9 Å². The largest absolute Gasteiger partial charge is 0.756 e. The lowest BCUT2D eigenvalue weighted by Crippen LogP contribution is -2.37. The van der Waals surface area contributed by atoms with Crippen molar-refractivity contribution in [1.82, 2.24) is 0 Å². The normalized spacial score (nSPS) is 14.6. The molecule has 0 aromatic carbocycles. The van der Waals surface area contributed by atoms with Gasteiger partial charge in [0.2, 0.25) is 0 Å². The molecule has 2 unspecified atom stereocenters. The number of aliphatic hydroxyl groups is 1. The number of rotatable bonds is 37. The number of esters is 2. The highest BCUT2D eigenvalue weighted by molar-refractivity contribution is 7.45. The quantitative estimate of drug-likeness (QED) is 0.0164. The number of allylic oxidation sites excluding steroid dienone is 5. The van der Waals surface area contributed by atoms with Gasteiger partial charge in [0.1, 0.15) is 19.8 Å². The minimum absolute atomic E-state index is 0.0462. The highest BCUT2D eigenvalue weighted by Crippen LogP contribution is 2.38. The smallest absolute Gasteiger partial charge is 0.306 e. The highest BCUT2D eigenvalue weighted by atomic mass is 31.2. The number of carbonyl (C=O) groups excluding carboxylic acids is 2. The maximum Gasteiger partial charge on any atom is 0.306 e. The second-order valence-electron chi connectivity index (χ2n) is 15.2. The number of likely N-dealkylation sites (N-methyl/N-ethyl adjacent to an activating group) is 1. The Balaban J connectivity index is 4.47. The van der Waals surface area contributed by atoms with E-state index >= 15 is 0 Å². The maximum atomic E-state index is 12.6. The molecular weight excluding hydrogens is 693 g/mol. The first-order valence-electron chi connectivity index (χ1n) is 20.8. The van der Waals surface area contributed by atoms with E-state index in [9.17, 15) is 24.2 Å². The number of hydrogen-bond donors (Lipinski definition) is 1. The first kappa shape index (κ1) is 51.2. The molecule has 0 bridgehead atoms. The molecular formula is C42H78NO9P. The SMILES string of the molecule is CC/C=C/C/C=C/C=C/C(O)CCCCCCCC(=O)OC[C@H](COP(=O)([O-])OCC[N+](C)(C)C)OC(=O)CCCCCCCCCCCCCCC. The lowest BCUT2D eigenvalue weighted by molar-refractivity contribution is -0.870. The Bertz CT molecular complexity index is 1020. The van der Waals surface area contributed by atoms with Crippen LogP contribution in [-0.4, -0.2) is 81.2 Å². The van der Waals surface area contributed by atoms with Crippen molar-refractivity contribution in [2.45, 2.75) is 174 Å². The lowest BCUT2D eigenvalue weighted by Gasteiger charge is -2.28. The van der Waals surface area contributed by atoms with Gasteiger partial charge in [-0.15, -0.1) is 0 Å². The van der Waals surface area contributed by atoms with Crippen molar-refractivity contribution in [2.24, 2.45) is 0 Å². The number of nitrogens with zero attached hydrogens (tertiary/aromatic N) is 1. The zero-order valence-corrected chi connectivity index (χ0v) is 35.2. The van der Waals surface area contributed by atoms with Gasteiger partial charge in [0.25, 0.3) is 7.82 Å². The molecule has 310 valence electrons. The van der Waals surface area contributed by atoms with Crippen LogP contribution in [0, 0.1) is 0 Å². The van der Waals surface area contributed by atoms with Crippen LogP contribution in [0.25, 0.3) is 0 Å². The summed E-state index contributed by atoms with van der Waals surface area (Å²) in [5.41, 5.74) is 0. The van der Waals surface area contributed by atoms with E-state index in [1.807, 2.05) is 33.3 Å². The zero-order chi connectivity index (χ0) is 39.5. The molecule has 53 heavy (non-hydrogen) atoms. The van der Waals surface area contributed by atoms with Crippen LogP contribution in [-0.2, 0) is 32.7 Å². The summed E-state index contributed by atoms with van der Waals surface area (Å²) >= 11 is 0. The number of unbranched alkanes of at least 4 members (excludes halogenated alkanes) is 16. The van der Waals surface area contributed by atoms with Crippen LogP contribution in [0.5, 0.6) is 0 Å². The average Bonchev–Trinajstić information content (AvgIpc) is 3.10. The van der Waals surface area contributed by atoms with Crippen LogP contribution in [0.1, 0.15) is 162 Å². The first-order valence-corrected chi connectivity index (χ1v) is 22.3. The molecule has 0 fully saturated rings. The van der Waals surface area contributed by atoms with Crippen LogP contribution in [0.2, 0.25) is 0 Å². The van der Waals surface area contributed by atoms with Crippen molar-refractivity contribution >= 4 is 19.8 Å². The number of phosphoric ester groups is 1. The molecule has 0 rings (SSSR count). The van der Waals surface area contributed by atoms with Gasteiger partial charge in [-0.1, -0.05) is 153 Å². The Labute approximate surface area is 324 Å². The Hall–Kier alpha value is -1.81. The van der Waals surface area contributed by atoms with Crippen molar-refractivity contribution in [3.63, 3.8) is 0 Å². The summed E-state index contributed by atoms with van der Waals surface area (Å²) in [4.78, 5) is 37.4. The molecule has 0 aliphatic rings. The molecule has 3 atom stereocenters. The zero-order valence-electron chi connectivity index (χ0n) is 34.3. The van der Waals surface area contributed by atoms with E-state index in [0.717, 1.165) is 57.8 Å². The van der Waals surface area contributed by atoms with Crippen molar-refractivity contribution in [3.8, 4) is 0 Å². The van der Waals surface area contributed by atoms with Crippen molar-refractivity contribution in [3.05, 3.63) is 36.5 Å². The maximum absolute atomic E-state index is 12.6. The molecule has 0 saturated heterocycles. The van der Waals surface area contributed by atoms with E-state index < -0.39 is 38.6 Å². The summed E-state index contributed by atoms with van der Waals surface area (Å²) in [6.07, 6.45) is 33.3. The van der Waals surface area contributed by atoms with Crippen LogP contribution in [0.4, 0.5) is 0 Å². The number of phosphoric acid groups is 1. The Morgan fingerprint density at radius 1 is 0.698 bits per heavy atom. The molecule has 11 heteroatoms. The lowest BCUT2D eigenvalue weighted by atomic mass is 10.0. The Kier molecular flexibility index (Phi) is 33.5. The molecule has 0 radical (unpaired) electrons. The average molecular weight is 772 g/mol. The summed E-state index contributed by atoms with van der Waals surface area (Å²) in [5, 5.41) is 10.1. The Morgan fingerprint density at radius 2 is 1.25 bits per heavy atom. The van der Waals surface area contributed by atoms with Gasteiger partial charge in [-0.05, 0) is 32.1 Å². The minimum atomic E-state index is -4.64. The van der Waals surface area contributed by atoms with Crippen LogP contribution in [0.3, 0.4) is 0 Å². The summed E-state index contributed by atoms with van der Waals surface area (Å²) in [6, 6.07) is 0. The van der Waals surface area contributed by atoms with Gasteiger partial charge >= 0.3 is 11.9 Å². The van der Waals surface area contributed by atoms with Gasteiger partial charge < -0.3 is 33.0 Å². The third-order valence-corrected chi connectivity index (χ3v) is 9.74. The molecule has 1 N–H and O–H groups in total. The number of hydrogen-bond acceptors (Lipinski definition) is 9. The molecule has 0 aliphatic heterocycles. The highest BCUT2D eigenvalue weighted by Gasteiger charge is 2.21. The molecule has 0 heterocycles. The number of quaternary nitrogens is 1. The van der Waals surface area contributed by atoms with Gasteiger partial charge in [-0.3, -0.25) is 14.2 Å². The molecule has 0 saturated carbocycles.